The first-order valence-corrected chi connectivity index (χ1v) is 8.31. The maximum atomic E-state index is 12.4. The van der Waals surface area contributed by atoms with E-state index in [0.29, 0.717) is 17.0 Å². The Balaban J connectivity index is 1.71. The van der Waals surface area contributed by atoms with Gasteiger partial charge in [0.2, 0.25) is 0 Å². The Morgan fingerprint density at radius 2 is 1.92 bits per heavy atom. The lowest BCUT2D eigenvalue weighted by Gasteiger charge is -2.06. The fraction of sp³-hybridized carbons (Fsp3) is 0.211. The van der Waals surface area contributed by atoms with Crippen LogP contribution in [0.1, 0.15) is 39.1 Å². The molecule has 0 aliphatic carbocycles. The third-order valence-electron chi connectivity index (χ3n) is 3.92. The van der Waals surface area contributed by atoms with Crippen molar-refractivity contribution in [3.63, 3.8) is 0 Å². The predicted octanol–water partition coefficient (Wildman–Crippen LogP) is 2.76. The summed E-state index contributed by atoms with van der Waals surface area (Å²) >= 11 is 0. The second kappa shape index (κ2) is 7.69. The molecule has 0 spiro atoms. The topological polar surface area (TPSA) is 89.2 Å². The summed E-state index contributed by atoms with van der Waals surface area (Å²) in [5.41, 5.74) is 2.18. The zero-order valence-corrected chi connectivity index (χ0v) is 14.7. The summed E-state index contributed by atoms with van der Waals surface area (Å²) in [7, 11) is 1.69. The van der Waals surface area contributed by atoms with E-state index in [1.54, 1.807) is 37.5 Å². The van der Waals surface area contributed by atoms with Crippen molar-refractivity contribution in [2.45, 2.75) is 19.9 Å². The molecule has 0 bridgehead atoms. The number of aryl methyl sites for hydroxylation is 2. The van der Waals surface area contributed by atoms with Gasteiger partial charge in [-0.15, -0.1) is 0 Å². The lowest BCUT2D eigenvalue weighted by molar-refractivity contribution is 0.0943. The number of furan rings is 1. The molecule has 0 aliphatic rings. The average molecular weight is 352 g/mol. The fourth-order valence-electron chi connectivity index (χ4n) is 2.50. The summed E-state index contributed by atoms with van der Waals surface area (Å²) in [6.45, 7) is 2.30. The maximum absolute atomic E-state index is 12.4. The number of hydrogen-bond acceptors (Lipinski definition) is 4. The van der Waals surface area contributed by atoms with Crippen molar-refractivity contribution < 1.29 is 14.0 Å². The van der Waals surface area contributed by atoms with Crippen LogP contribution in [-0.2, 0) is 20.0 Å². The zero-order chi connectivity index (χ0) is 18.5. The largest absolute Gasteiger partial charge is 0.467 e. The lowest BCUT2D eigenvalue weighted by atomic mass is 10.1. The Bertz CT molecular complexity index is 896. The minimum Gasteiger partial charge on any atom is -0.467 e. The van der Waals surface area contributed by atoms with E-state index in [-0.39, 0.29) is 18.1 Å². The molecular weight excluding hydrogens is 332 g/mol. The van der Waals surface area contributed by atoms with Crippen molar-refractivity contribution in [1.82, 2.24) is 15.1 Å². The van der Waals surface area contributed by atoms with Gasteiger partial charge in [0.25, 0.3) is 11.8 Å². The van der Waals surface area contributed by atoms with E-state index in [0.717, 1.165) is 12.0 Å². The van der Waals surface area contributed by atoms with E-state index >= 15 is 0 Å². The van der Waals surface area contributed by atoms with Crippen LogP contribution in [0.2, 0.25) is 0 Å². The van der Waals surface area contributed by atoms with E-state index in [1.165, 1.54) is 10.9 Å². The van der Waals surface area contributed by atoms with Crippen LogP contribution in [0.15, 0.2) is 53.3 Å². The number of benzene rings is 1. The average Bonchev–Trinajstić information content (AvgIpc) is 3.29. The molecule has 0 saturated heterocycles. The van der Waals surface area contributed by atoms with Gasteiger partial charge in [0.1, 0.15) is 5.76 Å². The zero-order valence-electron chi connectivity index (χ0n) is 14.7. The van der Waals surface area contributed by atoms with Crippen molar-refractivity contribution in [3.8, 4) is 0 Å². The van der Waals surface area contributed by atoms with E-state index in [9.17, 15) is 9.59 Å². The van der Waals surface area contributed by atoms with Crippen molar-refractivity contribution in [3.05, 3.63) is 71.4 Å². The molecule has 7 heteroatoms. The van der Waals surface area contributed by atoms with Crippen molar-refractivity contribution >= 4 is 17.5 Å². The molecule has 0 fully saturated rings. The molecule has 7 nitrogen and oxygen atoms in total. The number of hydrogen-bond donors (Lipinski definition) is 2. The number of amides is 2. The fourth-order valence-corrected chi connectivity index (χ4v) is 2.50. The number of nitrogens with one attached hydrogen (secondary N) is 2. The van der Waals surface area contributed by atoms with Crippen LogP contribution in [0, 0.1) is 0 Å². The Hall–Kier alpha value is -3.35. The van der Waals surface area contributed by atoms with Gasteiger partial charge in [-0.3, -0.25) is 14.3 Å². The molecule has 0 radical (unpaired) electrons. The van der Waals surface area contributed by atoms with Crippen LogP contribution in [0.5, 0.6) is 0 Å². The molecule has 26 heavy (non-hydrogen) atoms. The van der Waals surface area contributed by atoms with Crippen molar-refractivity contribution in [2.75, 3.05) is 5.32 Å². The van der Waals surface area contributed by atoms with Gasteiger partial charge in [-0.05, 0) is 36.2 Å². The summed E-state index contributed by atoms with van der Waals surface area (Å²) < 4.78 is 6.67. The second-order valence-corrected chi connectivity index (χ2v) is 5.83. The Kier molecular flexibility index (Phi) is 5.17. The standard InChI is InChI=1S/C19H20N4O3/c1-3-13-6-8-14(9-7-13)18(24)21-16-12-23(2)22-17(16)19(25)20-11-15-5-4-10-26-15/h4-10,12H,3,11H2,1-2H3,(H,20,25)(H,21,24). The van der Waals surface area contributed by atoms with Crippen LogP contribution in [0.3, 0.4) is 0 Å². The van der Waals surface area contributed by atoms with Gasteiger partial charge in [-0.25, -0.2) is 0 Å². The van der Waals surface area contributed by atoms with Gasteiger partial charge in [0, 0.05) is 18.8 Å². The Labute approximate surface area is 151 Å². The van der Waals surface area contributed by atoms with Crippen molar-refractivity contribution in [1.29, 1.82) is 0 Å². The highest BCUT2D eigenvalue weighted by atomic mass is 16.3. The molecule has 2 aromatic heterocycles. The highest BCUT2D eigenvalue weighted by Crippen LogP contribution is 2.15. The van der Waals surface area contributed by atoms with Gasteiger partial charge >= 0.3 is 0 Å². The second-order valence-electron chi connectivity index (χ2n) is 5.83. The molecule has 3 rings (SSSR count). The monoisotopic (exact) mass is 352 g/mol. The first-order chi connectivity index (χ1) is 12.6. The smallest absolute Gasteiger partial charge is 0.274 e. The van der Waals surface area contributed by atoms with Gasteiger partial charge in [-0.1, -0.05) is 19.1 Å². The predicted molar refractivity (Wildman–Crippen MR) is 96.9 cm³/mol. The molecule has 2 amide bonds. The highest BCUT2D eigenvalue weighted by molar-refractivity contribution is 6.08. The van der Waals surface area contributed by atoms with E-state index in [1.807, 2.05) is 12.1 Å². The number of rotatable bonds is 6. The van der Waals surface area contributed by atoms with Crippen LogP contribution in [0.4, 0.5) is 5.69 Å². The summed E-state index contributed by atoms with van der Waals surface area (Å²) in [5, 5.41) is 9.62. The molecule has 3 aromatic rings. The van der Waals surface area contributed by atoms with E-state index < -0.39 is 5.91 Å². The summed E-state index contributed by atoms with van der Waals surface area (Å²) in [6, 6.07) is 10.9. The molecule has 134 valence electrons. The van der Waals surface area contributed by atoms with E-state index in [2.05, 4.69) is 22.7 Å². The van der Waals surface area contributed by atoms with Crippen molar-refractivity contribution in [2.24, 2.45) is 7.05 Å². The SMILES string of the molecule is CCc1ccc(C(=O)Nc2cn(C)nc2C(=O)NCc2ccco2)cc1. The molecule has 1 aromatic carbocycles. The summed E-state index contributed by atoms with van der Waals surface area (Å²) in [5.74, 6) is -0.0461. The maximum Gasteiger partial charge on any atom is 0.274 e. The molecule has 2 heterocycles. The highest BCUT2D eigenvalue weighted by Gasteiger charge is 2.18. The first-order valence-electron chi connectivity index (χ1n) is 8.31. The van der Waals surface area contributed by atoms with Crippen LogP contribution in [-0.4, -0.2) is 21.6 Å². The minimum atomic E-state index is -0.390. The molecular formula is C19H20N4O3. The quantitative estimate of drug-likeness (QED) is 0.714. The first kappa shape index (κ1) is 17.5. The van der Waals surface area contributed by atoms with Gasteiger partial charge in [0.05, 0.1) is 18.5 Å². The number of carbonyl (C=O) groups excluding carboxylic acids is 2. The molecule has 0 unspecified atom stereocenters. The number of carbonyl (C=O) groups is 2. The summed E-state index contributed by atoms with van der Waals surface area (Å²) in [6.07, 6.45) is 4.04. The van der Waals surface area contributed by atoms with Gasteiger partial charge < -0.3 is 15.1 Å². The van der Waals surface area contributed by atoms with Crippen LogP contribution >= 0.6 is 0 Å². The molecule has 0 atom stereocenters. The van der Waals surface area contributed by atoms with Crippen LogP contribution < -0.4 is 10.6 Å². The van der Waals surface area contributed by atoms with E-state index in [4.69, 9.17) is 4.42 Å². The summed E-state index contributed by atoms with van der Waals surface area (Å²) in [4.78, 5) is 24.8. The Morgan fingerprint density at radius 1 is 1.15 bits per heavy atom. The molecule has 0 saturated carbocycles. The number of anilines is 1. The van der Waals surface area contributed by atoms with Gasteiger partial charge in [0.15, 0.2) is 5.69 Å². The third kappa shape index (κ3) is 4.00. The normalized spacial score (nSPS) is 10.5. The number of nitrogens with zero attached hydrogens (tertiary/aromatic N) is 2. The Morgan fingerprint density at radius 3 is 2.58 bits per heavy atom. The molecule has 2 N–H and O–H groups in total. The van der Waals surface area contributed by atoms with Gasteiger partial charge in [-0.2, -0.15) is 5.10 Å². The number of aromatic nitrogens is 2. The third-order valence-corrected chi connectivity index (χ3v) is 3.92. The van der Waals surface area contributed by atoms with Crippen LogP contribution in [0.25, 0.3) is 0 Å². The molecule has 0 aliphatic heterocycles. The lowest BCUT2D eigenvalue weighted by Crippen LogP contribution is -2.25. The minimum absolute atomic E-state index is 0.151.